The van der Waals surface area contributed by atoms with Crippen molar-refractivity contribution in [3.05, 3.63) is 69.8 Å². The molecule has 2 heteroatoms. The van der Waals surface area contributed by atoms with Gasteiger partial charge in [-0.05, 0) is 62.2 Å². The van der Waals surface area contributed by atoms with Gasteiger partial charge in [-0.3, -0.25) is 0 Å². The lowest BCUT2D eigenvalue weighted by Crippen LogP contribution is -2.03. The van der Waals surface area contributed by atoms with Crippen molar-refractivity contribution >= 4 is 17.4 Å². The van der Waals surface area contributed by atoms with E-state index in [-0.39, 0.29) is 6.04 Å². The molecule has 2 aromatic rings. The number of thiocarbonyl (C=S) groups is 1. The van der Waals surface area contributed by atoms with E-state index in [9.17, 15) is 0 Å². The second-order valence-corrected chi connectivity index (χ2v) is 5.53. The van der Waals surface area contributed by atoms with Gasteiger partial charge in [-0.2, -0.15) is 0 Å². The number of nitrogens with zero attached hydrogens (tertiary/aromatic N) is 1. The zero-order valence-electron chi connectivity index (χ0n) is 12.4. The molecule has 0 unspecified atom stereocenters. The average molecular weight is 281 g/mol. The van der Waals surface area contributed by atoms with Gasteiger partial charge in [0, 0.05) is 0 Å². The molecule has 0 radical (unpaired) electrons. The van der Waals surface area contributed by atoms with Crippen LogP contribution < -0.4 is 0 Å². The predicted molar refractivity (Wildman–Crippen MR) is 88.7 cm³/mol. The smallest absolute Gasteiger partial charge is 0.111 e. The number of aliphatic imine (C=N–C) groups is 1. The Morgan fingerprint density at radius 1 is 0.850 bits per heavy atom. The molecular formula is C18H19NS. The number of aryl methyl sites for hydroxylation is 4. The highest BCUT2D eigenvalue weighted by Gasteiger charge is 2.17. The van der Waals surface area contributed by atoms with Crippen molar-refractivity contribution in [3.8, 4) is 0 Å². The van der Waals surface area contributed by atoms with Crippen LogP contribution in [0.3, 0.4) is 0 Å². The Hall–Kier alpha value is -1.76. The van der Waals surface area contributed by atoms with Gasteiger partial charge in [0.15, 0.2) is 0 Å². The van der Waals surface area contributed by atoms with Crippen LogP contribution in [0.15, 0.2) is 41.4 Å². The molecule has 1 nitrogen and oxygen atoms in total. The fourth-order valence-electron chi connectivity index (χ4n) is 2.62. The Labute approximate surface area is 126 Å². The first-order chi connectivity index (χ1) is 9.52. The summed E-state index contributed by atoms with van der Waals surface area (Å²) in [6, 6.07) is 12.8. The number of hydrogen-bond donors (Lipinski definition) is 0. The lowest BCUT2D eigenvalue weighted by Gasteiger charge is -2.18. The number of benzene rings is 2. The minimum atomic E-state index is -0.0614. The van der Waals surface area contributed by atoms with Crippen LogP contribution >= 0.6 is 12.2 Å². The van der Waals surface area contributed by atoms with Crippen LogP contribution in [-0.2, 0) is 0 Å². The maximum atomic E-state index is 4.85. The maximum absolute atomic E-state index is 4.85. The molecule has 0 N–H and O–H groups in total. The lowest BCUT2D eigenvalue weighted by molar-refractivity contribution is 0.860. The van der Waals surface area contributed by atoms with Crippen molar-refractivity contribution in [1.29, 1.82) is 0 Å². The molecular weight excluding hydrogens is 262 g/mol. The molecule has 0 bridgehead atoms. The highest BCUT2D eigenvalue weighted by atomic mass is 32.1. The van der Waals surface area contributed by atoms with E-state index in [4.69, 9.17) is 12.2 Å². The third-order valence-corrected chi connectivity index (χ3v) is 3.73. The fourth-order valence-corrected chi connectivity index (χ4v) is 2.73. The van der Waals surface area contributed by atoms with Crippen molar-refractivity contribution in [2.24, 2.45) is 4.99 Å². The molecule has 0 aliphatic rings. The van der Waals surface area contributed by atoms with Crippen LogP contribution in [0, 0.1) is 27.7 Å². The van der Waals surface area contributed by atoms with Crippen molar-refractivity contribution in [3.63, 3.8) is 0 Å². The van der Waals surface area contributed by atoms with Crippen LogP contribution in [0.1, 0.15) is 39.4 Å². The Kier molecular flexibility index (Phi) is 4.49. The first-order valence-corrected chi connectivity index (χ1v) is 7.15. The van der Waals surface area contributed by atoms with Gasteiger partial charge >= 0.3 is 0 Å². The van der Waals surface area contributed by atoms with Gasteiger partial charge in [0.2, 0.25) is 0 Å². The minimum Gasteiger partial charge on any atom is -0.219 e. The summed E-state index contributed by atoms with van der Waals surface area (Å²) in [6.45, 7) is 8.45. The molecule has 2 aromatic carbocycles. The van der Waals surface area contributed by atoms with Crippen LogP contribution in [0.4, 0.5) is 0 Å². The Morgan fingerprint density at radius 2 is 1.30 bits per heavy atom. The highest BCUT2D eigenvalue weighted by Crippen LogP contribution is 2.31. The largest absolute Gasteiger partial charge is 0.219 e. The van der Waals surface area contributed by atoms with Gasteiger partial charge in [-0.15, -0.1) is 0 Å². The van der Waals surface area contributed by atoms with Crippen LogP contribution in [0.2, 0.25) is 0 Å². The summed E-state index contributed by atoms with van der Waals surface area (Å²) < 4.78 is 0. The summed E-state index contributed by atoms with van der Waals surface area (Å²) in [5.74, 6) is 0. The molecule has 0 atom stereocenters. The van der Waals surface area contributed by atoms with E-state index in [1.54, 1.807) is 0 Å². The van der Waals surface area contributed by atoms with E-state index in [1.807, 2.05) is 0 Å². The van der Waals surface area contributed by atoms with Gasteiger partial charge in [0.25, 0.3) is 0 Å². The Balaban J connectivity index is 2.59. The van der Waals surface area contributed by atoms with Crippen molar-refractivity contribution in [2.75, 3.05) is 0 Å². The molecule has 0 aliphatic heterocycles. The fraction of sp³-hybridized carbons (Fsp3) is 0.278. The minimum absolute atomic E-state index is 0.0614. The molecule has 0 aromatic heterocycles. The van der Waals surface area contributed by atoms with Crippen LogP contribution in [-0.4, -0.2) is 5.16 Å². The number of rotatable bonds is 3. The molecule has 0 heterocycles. The van der Waals surface area contributed by atoms with E-state index in [0.29, 0.717) is 0 Å². The van der Waals surface area contributed by atoms with E-state index in [1.165, 1.54) is 33.4 Å². The summed E-state index contributed by atoms with van der Waals surface area (Å²) in [6.07, 6.45) is 0. The standard InChI is InChI=1S/C18H19NS/c1-12-5-7-16(14(3)9-12)18(19-11-20)17-8-6-13(2)10-15(17)4/h5-10,18H,1-4H3. The molecule has 0 spiro atoms. The zero-order valence-corrected chi connectivity index (χ0v) is 13.2. The van der Waals surface area contributed by atoms with E-state index in [2.05, 4.69) is 74.2 Å². The van der Waals surface area contributed by atoms with Crippen molar-refractivity contribution < 1.29 is 0 Å². The lowest BCUT2D eigenvalue weighted by atomic mass is 9.91. The summed E-state index contributed by atoms with van der Waals surface area (Å²) in [4.78, 5) is 4.41. The van der Waals surface area contributed by atoms with Crippen molar-refractivity contribution in [1.82, 2.24) is 0 Å². The van der Waals surface area contributed by atoms with Gasteiger partial charge in [-0.25, -0.2) is 4.99 Å². The van der Waals surface area contributed by atoms with Gasteiger partial charge in [0.1, 0.15) is 6.04 Å². The molecule has 0 amide bonds. The first kappa shape index (κ1) is 14.6. The second-order valence-electron chi connectivity index (χ2n) is 5.34. The average Bonchev–Trinajstić information content (AvgIpc) is 2.37. The van der Waals surface area contributed by atoms with Gasteiger partial charge in [-0.1, -0.05) is 47.5 Å². The molecule has 102 valence electrons. The zero-order chi connectivity index (χ0) is 14.7. The normalized spacial score (nSPS) is 10.4. The van der Waals surface area contributed by atoms with E-state index in [0.717, 1.165) is 0 Å². The SMILES string of the molecule is Cc1ccc(C(N=C=S)c2ccc(C)cc2C)c(C)c1. The van der Waals surface area contributed by atoms with Crippen molar-refractivity contribution in [2.45, 2.75) is 33.7 Å². The number of hydrogen-bond acceptors (Lipinski definition) is 2. The van der Waals surface area contributed by atoms with E-state index >= 15 is 0 Å². The Bertz CT molecular complexity index is 630. The van der Waals surface area contributed by atoms with Crippen LogP contribution in [0.5, 0.6) is 0 Å². The summed E-state index contributed by atoms with van der Waals surface area (Å²) in [5.41, 5.74) is 7.39. The molecule has 0 saturated heterocycles. The summed E-state index contributed by atoms with van der Waals surface area (Å²) >= 11 is 4.85. The topological polar surface area (TPSA) is 12.4 Å². The molecule has 0 aliphatic carbocycles. The molecule has 0 fully saturated rings. The molecule has 20 heavy (non-hydrogen) atoms. The Morgan fingerprint density at radius 3 is 1.65 bits per heavy atom. The number of isothiocyanates is 1. The van der Waals surface area contributed by atoms with Crippen LogP contribution in [0.25, 0.3) is 0 Å². The van der Waals surface area contributed by atoms with Gasteiger partial charge < -0.3 is 0 Å². The summed E-state index contributed by atoms with van der Waals surface area (Å²) in [7, 11) is 0. The van der Waals surface area contributed by atoms with E-state index < -0.39 is 0 Å². The quantitative estimate of drug-likeness (QED) is 0.562. The molecule has 2 rings (SSSR count). The van der Waals surface area contributed by atoms with Gasteiger partial charge in [0.05, 0.1) is 5.16 Å². The maximum Gasteiger partial charge on any atom is 0.111 e. The summed E-state index contributed by atoms with van der Waals surface area (Å²) in [5, 5.41) is 2.56. The monoisotopic (exact) mass is 281 g/mol. The highest BCUT2D eigenvalue weighted by molar-refractivity contribution is 7.78. The second kappa shape index (κ2) is 6.13. The third-order valence-electron chi connectivity index (χ3n) is 3.62. The molecule has 0 saturated carbocycles. The third kappa shape index (κ3) is 3.04. The predicted octanol–water partition coefficient (Wildman–Crippen LogP) is 5.11. The first-order valence-electron chi connectivity index (χ1n) is 6.74.